The van der Waals surface area contributed by atoms with Gasteiger partial charge in [-0.1, -0.05) is 29.8 Å². The van der Waals surface area contributed by atoms with E-state index in [1.807, 2.05) is 24.3 Å². The van der Waals surface area contributed by atoms with Gasteiger partial charge in [0.2, 0.25) is 15.9 Å². The molecular formula is C23H28ClN3O5S. The third-order valence-electron chi connectivity index (χ3n) is 5.32. The number of hydrogen-bond donors (Lipinski definition) is 1. The first-order valence-corrected chi connectivity index (χ1v) is 12.5. The van der Waals surface area contributed by atoms with Gasteiger partial charge < -0.3 is 19.7 Å². The zero-order chi connectivity index (χ0) is 23.8. The fourth-order valence-corrected chi connectivity index (χ4v) is 5.13. The first-order valence-electron chi connectivity index (χ1n) is 10.5. The van der Waals surface area contributed by atoms with Crippen molar-refractivity contribution >= 4 is 39.3 Å². The molecule has 0 radical (unpaired) electrons. The Morgan fingerprint density at radius 1 is 1.06 bits per heavy atom. The number of nitrogens with one attached hydrogen (secondary N) is 1. The van der Waals surface area contributed by atoms with Gasteiger partial charge in [0, 0.05) is 38.8 Å². The van der Waals surface area contributed by atoms with E-state index in [4.69, 9.17) is 21.1 Å². The van der Waals surface area contributed by atoms with E-state index in [0.717, 1.165) is 11.3 Å². The van der Waals surface area contributed by atoms with Crippen LogP contribution < -0.4 is 19.7 Å². The SMILES string of the molecule is COc1ccc(/C=C\C(=O)NCCS(=O)(=O)N2CCN(c3ccccc3Cl)CC2)cc1OC. The average molecular weight is 494 g/mol. The van der Waals surface area contributed by atoms with Crippen LogP contribution in [0.15, 0.2) is 48.5 Å². The molecule has 2 aromatic rings. The number of amides is 1. The van der Waals surface area contributed by atoms with E-state index in [2.05, 4.69) is 10.2 Å². The van der Waals surface area contributed by atoms with Crippen LogP contribution in [0.5, 0.6) is 11.5 Å². The van der Waals surface area contributed by atoms with Gasteiger partial charge in [-0.15, -0.1) is 0 Å². The van der Waals surface area contributed by atoms with Gasteiger partial charge in [0.25, 0.3) is 0 Å². The molecule has 178 valence electrons. The molecule has 1 saturated heterocycles. The summed E-state index contributed by atoms with van der Waals surface area (Å²) in [5.41, 5.74) is 1.66. The highest BCUT2D eigenvalue weighted by atomic mass is 35.5. The molecule has 8 nitrogen and oxygen atoms in total. The highest BCUT2D eigenvalue weighted by Crippen LogP contribution is 2.28. The van der Waals surface area contributed by atoms with E-state index in [-0.39, 0.29) is 18.2 Å². The first kappa shape index (κ1) is 24.9. The molecule has 0 aromatic heterocycles. The van der Waals surface area contributed by atoms with Crippen molar-refractivity contribution in [2.24, 2.45) is 0 Å². The van der Waals surface area contributed by atoms with Crippen LogP contribution in [0, 0.1) is 0 Å². The lowest BCUT2D eigenvalue weighted by Gasteiger charge is -2.35. The van der Waals surface area contributed by atoms with Gasteiger partial charge >= 0.3 is 0 Å². The molecule has 1 amide bonds. The van der Waals surface area contributed by atoms with Gasteiger partial charge in [-0.25, -0.2) is 8.42 Å². The fourth-order valence-electron chi connectivity index (χ4n) is 3.53. The Morgan fingerprint density at radius 2 is 1.76 bits per heavy atom. The number of hydrogen-bond acceptors (Lipinski definition) is 6. The molecule has 1 heterocycles. The molecule has 1 aliphatic heterocycles. The van der Waals surface area contributed by atoms with E-state index in [1.165, 1.54) is 17.5 Å². The predicted octanol–water partition coefficient (Wildman–Crippen LogP) is 2.64. The standard InChI is InChI=1S/C23H28ClN3O5S/c1-31-21-9-7-18(17-22(21)32-2)8-10-23(28)25-11-16-33(29,30)27-14-12-26(13-15-27)20-6-4-3-5-19(20)24/h3-10,17H,11-16H2,1-2H3,(H,25,28)/b10-8-. The van der Waals surface area contributed by atoms with Crippen molar-refractivity contribution in [1.82, 2.24) is 9.62 Å². The molecule has 2 aromatic carbocycles. The van der Waals surface area contributed by atoms with Crippen LogP contribution in [0.3, 0.4) is 0 Å². The topological polar surface area (TPSA) is 88.2 Å². The zero-order valence-corrected chi connectivity index (χ0v) is 20.2. The smallest absolute Gasteiger partial charge is 0.244 e. The van der Waals surface area contributed by atoms with Gasteiger partial charge in [0.1, 0.15) is 0 Å². The average Bonchev–Trinajstić information content (AvgIpc) is 2.82. The second kappa shape index (κ2) is 11.4. The molecule has 33 heavy (non-hydrogen) atoms. The van der Waals surface area contributed by atoms with Gasteiger partial charge in [0.15, 0.2) is 11.5 Å². The van der Waals surface area contributed by atoms with E-state index in [9.17, 15) is 13.2 Å². The van der Waals surface area contributed by atoms with Gasteiger partial charge in [-0.05, 0) is 35.9 Å². The molecule has 3 rings (SSSR count). The van der Waals surface area contributed by atoms with Crippen molar-refractivity contribution in [2.45, 2.75) is 0 Å². The van der Waals surface area contributed by atoms with Crippen LogP contribution in [0.2, 0.25) is 5.02 Å². The number of carbonyl (C=O) groups excluding carboxylic acids is 1. The van der Waals surface area contributed by atoms with Crippen molar-refractivity contribution in [2.75, 3.05) is 57.6 Å². The third-order valence-corrected chi connectivity index (χ3v) is 7.51. The number of nitrogens with zero attached hydrogens (tertiary/aromatic N) is 2. The molecule has 0 bridgehead atoms. The first-order chi connectivity index (χ1) is 15.8. The molecule has 0 spiro atoms. The Labute approximate surface area is 199 Å². The summed E-state index contributed by atoms with van der Waals surface area (Å²) in [6.07, 6.45) is 2.98. The highest BCUT2D eigenvalue weighted by Gasteiger charge is 2.27. The van der Waals surface area contributed by atoms with Crippen molar-refractivity contribution in [1.29, 1.82) is 0 Å². The molecule has 0 atom stereocenters. The van der Waals surface area contributed by atoms with E-state index < -0.39 is 10.0 Å². The van der Waals surface area contributed by atoms with Crippen molar-refractivity contribution < 1.29 is 22.7 Å². The summed E-state index contributed by atoms with van der Waals surface area (Å²) in [6, 6.07) is 12.8. The van der Waals surface area contributed by atoms with Crippen LogP contribution >= 0.6 is 11.6 Å². The minimum atomic E-state index is -3.47. The van der Waals surface area contributed by atoms with Gasteiger partial charge in [0.05, 0.1) is 30.7 Å². The summed E-state index contributed by atoms with van der Waals surface area (Å²) in [5.74, 6) is 0.621. The normalized spacial score (nSPS) is 14.9. The Hall–Kier alpha value is -2.75. The second-order valence-electron chi connectivity index (χ2n) is 7.39. The number of benzene rings is 2. The number of piperazine rings is 1. The lowest BCUT2D eigenvalue weighted by atomic mass is 10.2. The van der Waals surface area contributed by atoms with Gasteiger partial charge in [-0.2, -0.15) is 4.31 Å². The summed E-state index contributed by atoms with van der Waals surface area (Å²) in [4.78, 5) is 14.2. The largest absolute Gasteiger partial charge is 0.493 e. The van der Waals surface area contributed by atoms with Crippen molar-refractivity contribution in [3.63, 3.8) is 0 Å². The number of carbonyl (C=O) groups is 1. The predicted molar refractivity (Wildman–Crippen MR) is 131 cm³/mol. The van der Waals surface area contributed by atoms with Crippen LogP contribution in [-0.4, -0.2) is 71.3 Å². The lowest BCUT2D eigenvalue weighted by Crippen LogP contribution is -2.50. The number of anilines is 1. The molecule has 0 aliphatic carbocycles. The summed E-state index contributed by atoms with van der Waals surface area (Å²) in [5, 5.41) is 3.28. The minimum absolute atomic E-state index is 0.0299. The zero-order valence-electron chi connectivity index (χ0n) is 18.7. The Kier molecular flexibility index (Phi) is 8.60. The maximum absolute atomic E-state index is 12.7. The minimum Gasteiger partial charge on any atom is -0.493 e. The maximum atomic E-state index is 12.7. The summed E-state index contributed by atoms with van der Waals surface area (Å²) in [7, 11) is -0.388. The Morgan fingerprint density at radius 3 is 2.42 bits per heavy atom. The number of para-hydroxylation sites is 1. The fraction of sp³-hybridized carbons (Fsp3) is 0.348. The molecule has 1 aliphatic rings. The molecule has 0 saturated carbocycles. The number of rotatable bonds is 9. The van der Waals surface area contributed by atoms with Crippen LogP contribution in [-0.2, 0) is 14.8 Å². The van der Waals surface area contributed by atoms with Crippen LogP contribution in [0.1, 0.15) is 5.56 Å². The number of sulfonamides is 1. The second-order valence-corrected chi connectivity index (χ2v) is 9.89. The van der Waals surface area contributed by atoms with E-state index in [1.54, 1.807) is 31.4 Å². The molecular weight excluding hydrogens is 466 g/mol. The van der Waals surface area contributed by atoms with E-state index in [0.29, 0.717) is 42.7 Å². The number of methoxy groups -OCH3 is 2. The summed E-state index contributed by atoms with van der Waals surface area (Å²) in [6.45, 7) is 1.90. The Balaban J connectivity index is 1.46. The van der Waals surface area contributed by atoms with Crippen LogP contribution in [0.25, 0.3) is 6.08 Å². The lowest BCUT2D eigenvalue weighted by molar-refractivity contribution is -0.116. The van der Waals surface area contributed by atoms with Crippen LogP contribution in [0.4, 0.5) is 5.69 Å². The monoisotopic (exact) mass is 493 g/mol. The molecule has 1 N–H and O–H groups in total. The number of halogens is 1. The molecule has 1 fully saturated rings. The highest BCUT2D eigenvalue weighted by molar-refractivity contribution is 7.89. The van der Waals surface area contributed by atoms with Crippen molar-refractivity contribution in [3.05, 3.63) is 59.1 Å². The quantitative estimate of drug-likeness (QED) is 0.540. The summed E-state index contributed by atoms with van der Waals surface area (Å²) >= 11 is 6.24. The molecule has 0 unspecified atom stereocenters. The summed E-state index contributed by atoms with van der Waals surface area (Å²) < 4.78 is 37.2. The third kappa shape index (κ3) is 6.63. The van der Waals surface area contributed by atoms with Gasteiger partial charge in [-0.3, -0.25) is 4.79 Å². The van der Waals surface area contributed by atoms with E-state index >= 15 is 0 Å². The number of ether oxygens (including phenoxy) is 2. The maximum Gasteiger partial charge on any atom is 0.244 e. The Bertz CT molecular complexity index is 1100. The van der Waals surface area contributed by atoms with Crippen molar-refractivity contribution in [3.8, 4) is 11.5 Å². The molecule has 10 heteroatoms.